The Labute approximate surface area is 151 Å². The second-order valence-corrected chi connectivity index (χ2v) is 6.99. The first kappa shape index (κ1) is 17.5. The summed E-state index contributed by atoms with van der Waals surface area (Å²) in [6, 6.07) is 17.1. The molecule has 25 heavy (non-hydrogen) atoms. The third-order valence-electron chi connectivity index (χ3n) is 5.07. The molecule has 0 unspecified atom stereocenters. The fourth-order valence-electron chi connectivity index (χ4n) is 3.47. The molecule has 3 rings (SSSR count). The van der Waals surface area contributed by atoms with Crippen molar-refractivity contribution in [1.29, 1.82) is 0 Å². The molecule has 1 aliphatic heterocycles. The van der Waals surface area contributed by atoms with Crippen LogP contribution in [0.4, 0.5) is 5.69 Å². The molecular formula is C22H28N2O. The molecule has 0 N–H and O–H groups in total. The van der Waals surface area contributed by atoms with Gasteiger partial charge in [-0.25, -0.2) is 0 Å². The Kier molecular flexibility index (Phi) is 5.75. The van der Waals surface area contributed by atoms with Gasteiger partial charge in [0.05, 0.1) is 0 Å². The van der Waals surface area contributed by atoms with E-state index in [2.05, 4.69) is 67.3 Å². The van der Waals surface area contributed by atoms with Gasteiger partial charge in [0.2, 0.25) is 5.91 Å². The molecule has 2 aromatic carbocycles. The minimum absolute atomic E-state index is 0.302. The summed E-state index contributed by atoms with van der Waals surface area (Å²) in [5.41, 5.74) is 5.21. The molecule has 1 saturated heterocycles. The zero-order valence-corrected chi connectivity index (χ0v) is 15.4. The van der Waals surface area contributed by atoms with E-state index in [-0.39, 0.29) is 0 Å². The van der Waals surface area contributed by atoms with E-state index in [1.165, 1.54) is 22.4 Å². The predicted octanol–water partition coefficient (Wildman–Crippen LogP) is 3.97. The van der Waals surface area contributed by atoms with Crippen LogP contribution >= 0.6 is 0 Å². The summed E-state index contributed by atoms with van der Waals surface area (Å²) < 4.78 is 0. The van der Waals surface area contributed by atoms with Crippen LogP contribution in [0.15, 0.2) is 48.5 Å². The van der Waals surface area contributed by atoms with Crippen molar-refractivity contribution in [3.63, 3.8) is 0 Å². The van der Waals surface area contributed by atoms with Gasteiger partial charge >= 0.3 is 0 Å². The normalized spacial score (nSPS) is 14.6. The highest BCUT2D eigenvalue weighted by atomic mass is 16.2. The van der Waals surface area contributed by atoms with Gasteiger partial charge in [-0.3, -0.25) is 4.79 Å². The molecule has 0 atom stereocenters. The fraction of sp³-hybridized carbons (Fsp3) is 0.409. The zero-order valence-electron chi connectivity index (χ0n) is 15.4. The number of hydrogen-bond acceptors (Lipinski definition) is 2. The molecule has 0 aliphatic carbocycles. The Morgan fingerprint density at radius 2 is 1.60 bits per heavy atom. The lowest BCUT2D eigenvalue weighted by Gasteiger charge is -2.37. The Morgan fingerprint density at radius 3 is 2.28 bits per heavy atom. The van der Waals surface area contributed by atoms with Crippen LogP contribution in [0.2, 0.25) is 0 Å². The van der Waals surface area contributed by atoms with E-state index >= 15 is 0 Å². The molecular weight excluding hydrogens is 308 g/mol. The maximum atomic E-state index is 12.5. The van der Waals surface area contributed by atoms with Crippen molar-refractivity contribution in [2.45, 2.75) is 33.1 Å². The summed E-state index contributed by atoms with van der Waals surface area (Å²) in [5, 5.41) is 0. The molecule has 3 heteroatoms. The maximum absolute atomic E-state index is 12.5. The lowest BCUT2D eigenvalue weighted by molar-refractivity contribution is -0.131. The number of piperazine rings is 1. The Balaban J connectivity index is 1.44. The number of amides is 1. The number of rotatable bonds is 5. The molecule has 0 spiro atoms. The standard InChI is InChI=1S/C22H28N2O/c1-18-10-12-20(13-11-18)7-5-9-22(25)24-16-14-23(15-17-24)21-8-4-3-6-19(21)2/h3-4,6,8,10-13H,5,7,9,14-17H2,1-2H3. The molecule has 0 aromatic heterocycles. The lowest BCUT2D eigenvalue weighted by Crippen LogP contribution is -2.49. The molecule has 1 fully saturated rings. The van der Waals surface area contributed by atoms with E-state index in [9.17, 15) is 4.79 Å². The molecule has 0 saturated carbocycles. The van der Waals surface area contributed by atoms with Gasteiger partial charge in [-0.05, 0) is 43.9 Å². The summed E-state index contributed by atoms with van der Waals surface area (Å²) in [6.07, 6.45) is 2.56. The Hall–Kier alpha value is -2.29. The van der Waals surface area contributed by atoms with Crippen molar-refractivity contribution in [2.75, 3.05) is 31.1 Å². The molecule has 1 amide bonds. The van der Waals surface area contributed by atoms with Gasteiger partial charge in [-0.1, -0.05) is 48.0 Å². The third-order valence-corrected chi connectivity index (χ3v) is 5.07. The van der Waals surface area contributed by atoms with Crippen LogP contribution in [0.3, 0.4) is 0 Å². The molecule has 1 aliphatic rings. The van der Waals surface area contributed by atoms with Crippen molar-refractivity contribution in [1.82, 2.24) is 4.90 Å². The number of anilines is 1. The SMILES string of the molecule is Cc1ccc(CCCC(=O)N2CCN(c3ccccc3C)CC2)cc1. The van der Waals surface area contributed by atoms with Crippen molar-refractivity contribution >= 4 is 11.6 Å². The second kappa shape index (κ2) is 8.19. The predicted molar refractivity (Wildman–Crippen MR) is 104 cm³/mol. The molecule has 0 radical (unpaired) electrons. The van der Waals surface area contributed by atoms with Gasteiger partial charge in [-0.2, -0.15) is 0 Å². The summed E-state index contributed by atoms with van der Waals surface area (Å²) in [6.45, 7) is 7.76. The Bertz CT molecular complexity index is 700. The van der Waals surface area contributed by atoms with Crippen molar-refractivity contribution in [3.05, 3.63) is 65.2 Å². The van der Waals surface area contributed by atoms with Gasteiger partial charge < -0.3 is 9.80 Å². The zero-order chi connectivity index (χ0) is 17.6. The summed E-state index contributed by atoms with van der Waals surface area (Å²) >= 11 is 0. The number of carbonyl (C=O) groups is 1. The van der Waals surface area contributed by atoms with E-state index in [1.807, 2.05) is 4.90 Å². The first-order chi connectivity index (χ1) is 12.1. The van der Waals surface area contributed by atoms with Crippen LogP contribution in [0.25, 0.3) is 0 Å². The number of hydrogen-bond donors (Lipinski definition) is 0. The maximum Gasteiger partial charge on any atom is 0.222 e. The van der Waals surface area contributed by atoms with E-state index in [4.69, 9.17) is 0 Å². The minimum atomic E-state index is 0.302. The van der Waals surface area contributed by atoms with Crippen LogP contribution in [0, 0.1) is 13.8 Å². The lowest BCUT2D eigenvalue weighted by atomic mass is 10.1. The second-order valence-electron chi connectivity index (χ2n) is 6.99. The van der Waals surface area contributed by atoms with Crippen LogP contribution in [-0.4, -0.2) is 37.0 Å². The first-order valence-corrected chi connectivity index (χ1v) is 9.27. The van der Waals surface area contributed by atoms with Crippen LogP contribution in [0.1, 0.15) is 29.5 Å². The minimum Gasteiger partial charge on any atom is -0.368 e. The highest BCUT2D eigenvalue weighted by Gasteiger charge is 2.21. The van der Waals surface area contributed by atoms with Crippen molar-refractivity contribution < 1.29 is 4.79 Å². The molecule has 2 aromatic rings. The van der Waals surface area contributed by atoms with Gasteiger partial charge in [0.1, 0.15) is 0 Å². The first-order valence-electron chi connectivity index (χ1n) is 9.27. The monoisotopic (exact) mass is 336 g/mol. The van der Waals surface area contributed by atoms with Gasteiger partial charge in [-0.15, -0.1) is 0 Å². The van der Waals surface area contributed by atoms with Crippen molar-refractivity contribution in [3.8, 4) is 0 Å². The van der Waals surface area contributed by atoms with E-state index in [1.54, 1.807) is 0 Å². The summed E-state index contributed by atoms with van der Waals surface area (Å²) in [4.78, 5) is 16.9. The van der Waals surface area contributed by atoms with E-state index < -0.39 is 0 Å². The fourth-order valence-corrected chi connectivity index (χ4v) is 3.47. The highest BCUT2D eigenvalue weighted by molar-refractivity contribution is 5.76. The van der Waals surface area contributed by atoms with Gasteiger partial charge in [0, 0.05) is 38.3 Å². The number of nitrogens with zero attached hydrogens (tertiary/aromatic N) is 2. The number of carbonyl (C=O) groups excluding carboxylic acids is 1. The van der Waals surface area contributed by atoms with Crippen molar-refractivity contribution in [2.24, 2.45) is 0 Å². The van der Waals surface area contributed by atoms with Crippen LogP contribution < -0.4 is 4.90 Å². The quantitative estimate of drug-likeness (QED) is 0.825. The summed E-state index contributed by atoms with van der Waals surface area (Å²) in [5.74, 6) is 0.302. The smallest absolute Gasteiger partial charge is 0.222 e. The van der Waals surface area contributed by atoms with Gasteiger partial charge in [0.25, 0.3) is 0 Å². The average Bonchev–Trinajstić information content (AvgIpc) is 2.64. The van der Waals surface area contributed by atoms with E-state index in [0.29, 0.717) is 12.3 Å². The largest absolute Gasteiger partial charge is 0.368 e. The molecule has 132 valence electrons. The number of aryl methyl sites for hydroxylation is 3. The number of benzene rings is 2. The molecule has 3 nitrogen and oxygen atoms in total. The van der Waals surface area contributed by atoms with Gasteiger partial charge in [0.15, 0.2) is 0 Å². The average molecular weight is 336 g/mol. The van der Waals surface area contributed by atoms with Crippen LogP contribution in [0.5, 0.6) is 0 Å². The van der Waals surface area contributed by atoms with Crippen LogP contribution in [-0.2, 0) is 11.2 Å². The highest BCUT2D eigenvalue weighted by Crippen LogP contribution is 2.21. The molecule has 0 bridgehead atoms. The third kappa shape index (κ3) is 4.62. The Morgan fingerprint density at radius 1 is 0.920 bits per heavy atom. The topological polar surface area (TPSA) is 23.6 Å². The van der Waals surface area contributed by atoms with E-state index in [0.717, 1.165) is 39.0 Å². The summed E-state index contributed by atoms with van der Waals surface area (Å²) in [7, 11) is 0. The number of para-hydroxylation sites is 1. The molecule has 1 heterocycles.